The molecule has 0 rings (SSSR count). The van der Waals surface area contributed by atoms with Crippen molar-refractivity contribution < 1.29 is 80.2 Å². The molecule has 0 amide bonds. The maximum Gasteiger partial charge on any atom is 0.472 e. The van der Waals surface area contributed by atoms with Gasteiger partial charge in [0, 0.05) is 25.7 Å². The van der Waals surface area contributed by atoms with Crippen molar-refractivity contribution in [1.29, 1.82) is 0 Å². The molecule has 0 spiro atoms. The summed E-state index contributed by atoms with van der Waals surface area (Å²) in [6.45, 7) is 9.57. The Bertz CT molecular complexity index is 1820. The van der Waals surface area contributed by atoms with Crippen molar-refractivity contribution >= 4 is 39.5 Å². The average Bonchev–Trinajstić information content (AvgIpc) is 1.59. The maximum atomic E-state index is 13.1. The molecule has 0 aromatic rings. The number of phosphoric ester groups is 2. The van der Waals surface area contributed by atoms with Crippen molar-refractivity contribution in [2.24, 2.45) is 11.8 Å². The molecule has 0 saturated carbocycles. The number of carbonyl (C=O) groups excluding carboxylic acids is 4. The SMILES string of the molecule is CCCCCCCCCCCCCCCCC(=O)OC[C@H](COP(=O)(O)OC[C@@H](O)COP(=O)(O)OC[C@@H](COC(=O)CCCCCCCCC(C)C)OC(=O)CCCCCCCCCCCCCCC)OC(=O)CCCCCCCCCCCCCCCCC(C)CC. The topological polar surface area (TPSA) is 237 Å². The summed E-state index contributed by atoms with van der Waals surface area (Å²) in [5.74, 6) is -0.591. The van der Waals surface area contributed by atoms with E-state index in [1.54, 1.807) is 0 Å². The summed E-state index contributed by atoms with van der Waals surface area (Å²) in [5.41, 5.74) is 0. The molecular formula is C75H146O17P2. The van der Waals surface area contributed by atoms with E-state index in [4.69, 9.17) is 37.0 Å². The zero-order valence-electron chi connectivity index (χ0n) is 61.3. The number of hydrogen-bond acceptors (Lipinski definition) is 15. The number of unbranched alkanes of at least 4 members (excludes halogenated alkanes) is 43. The number of ether oxygens (including phenoxy) is 4. The molecule has 0 bridgehead atoms. The van der Waals surface area contributed by atoms with Gasteiger partial charge in [-0.25, -0.2) is 9.13 Å². The van der Waals surface area contributed by atoms with Crippen LogP contribution >= 0.6 is 15.6 Å². The summed E-state index contributed by atoms with van der Waals surface area (Å²) in [4.78, 5) is 72.7. The third-order valence-corrected chi connectivity index (χ3v) is 19.7. The Balaban J connectivity index is 5.23. The molecule has 0 aliphatic carbocycles. The molecule has 3 unspecified atom stereocenters. The van der Waals surface area contributed by atoms with Crippen LogP contribution in [-0.4, -0.2) is 96.7 Å². The second-order valence-corrected chi connectivity index (χ2v) is 30.7. The predicted molar refractivity (Wildman–Crippen MR) is 381 cm³/mol. The molecule has 3 N–H and O–H groups in total. The fourth-order valence-electron chi connectivity index (χ4n) is 11.4. The lowest BCUT2D eigenvalue weighted by atomic mass is 9.99. The van der Waals surface area contributed by atoms with E-state index < -0.39 is 97.5 Å². The smallest absolute Gasteiger partial charge is 0.462 e. The number of aliphatic hydroxyl groups is 1. The van der Waals surface area contributed by atoms with Crippen molar-refractivity contribution in [2.75, 3.05) is 39.6 Å². The van der Waals surface area contributed by atoms with E-state index in [9.17, 15) is 43.2 Å². The van der Waals surface area contributed by atoms with Gasteiger partial charge < -0.3 is 33.8 Å². The van der Waals surface area contributed by atoms with E-state index in [2.05, 4.69) is 41.5 Å². The van der Waals surface area contributed by atoms with Gasteiger partial charge in [0.25, 0.3) is 0 Å². The first-order chi connectivity index (χ1) is 45.4. The molecule has 0 aromatic carbocycles. The molecule has 94 heavy (non-hydrogen) atoms. The molecule has 0 radical (unpaired) electrons. The van der Waals surface area contributed by atoms with Gasteiger partial charge in [0.1, 0.15) is 19.3 Å². The largest absolute Gasteiger partial charge is 0.472 e. The zero-order valence-corrected chi connectivity index (χ0v) is 63.1. The van der Waals surface area contributed by atoms with Gasteiger partial charge in [-0.2, -0.15) is 0 Å². The highest BCUT2D eigenvalue weighted by molar-refractivity contribution is 7.47. The third-order valence-electron chi connectivity index (χ3n) is 17.8. The summed E-state index contributed by atoms with van der Waals surface area (Å²) >= 11 is 0. The van der Waals surface area contributed by atoms with Gasteiger partial charge in [-0.3, -0.25) is 37.3 Å². The van der Waals surface area contributed by atoms with E-state index in [0.717, 1.165) is 102 Å². The number of esters is 4. The van der Waals surface area contributed by atoms with Gasteiger partial charge in [0.2, 0.25) is 0 Å². The molecule has 0 aliphatic rings. The normalized spacial score (nSPS) is 14.3. The molecular weight excluding hydrogens is 1230 g/mol. The highest BCUT2D eigenvalue weighted by atomic mass is 31.2. The lowest BCUT2D eigenvalue weighted by Crippen LogP contribution is -2.30. The number of phosphoric acid groups is 2. The minimum atomic E-state index is -4.96. The van der Waals surface area contributed by atoms with Crippen molar-refractivity contribution in [2.45, 2.75) is 407 Å². The van der Waals surface area contributed by atoms with Gasteiger partial charge >= 0.3 is 39.5 Å². The first-order valence-corrected chi connectivity index (χ1v) is 42.0. The van der Waals surface area contributed by atoms with Crippen LogP contribution in [0, 0.1) is 11.8 Å². The standard InChI is InChI=1S/C75H146O17P2/c1-7-10-12-14-16-18-20-22-27-30-34-38-45-51-57-72(77)85-63-70(91-74(79)60-54-48-40-36-32-28-24-23-26-29-33-37-44-50-56-68(6)9-3)65-89-93(81,82)87-61-69(76)62-88-94(83,84)90-66-71(64-86-73(78)58-52-46-42-41-43-49-55-67(4)5)92-75(80)59-53-47-39-35-31-25-21-19-17-15-13-11-8-2/h67-71,76H,7-66H2,1-6H3,(H,81,82)(H,83,84)/t68?,69-,70-,71-/m1/s1. The van der Waals surface area contributed by atoms with Crippen molar-refractivity contribution in [3.05, 3.63) is 0 Å². The van der Waals surface area contributed by atoms with Crippen molar-refractivity contribution in [1.82, 2.24) is 0 Å². The van der Waals surface area contributed by atoms with Crippen LogP contribution in [0.25, 0.3) is 0 Å². The van der Waals surface area contributed by atoms with Crippen LogP contribution in [0.15, 0.2) is 0 Å². The third kappa shape index (κ3) is 67.3. The number of hydrogen-bond donors (Lipinski definition) is 3. The predicted octanol–water partition coefficient (Wildman–Crippen LogP) is 21.9. The van der Waals surface area contributed by atoms with Crippen LogP contribution in [0.5, 0.6) is 0 Å². The summed E-state index contributed by atoms with van der Waals surface area (Å²) in [6, 6.07) is 0. The van der Waals surface area contributed by atoms with E-state index in [1.165, 1.54) is 199 Å². The Labute approximate surface area is 575 Å². The molecule has 0 saturated heterocycles. The first-order valence-electron chi connectivity index (χ1n) is 39.0. The number of rotatable bonds is 74. The van der Waals surface area contributed by atoms with Gasteiger partial charge in [0.05, 0.1) is 26.4 Å². The molecule has 0 aromatic heterocycles. The molecule has 0 aliphatic heterocycles. The molecule has 0 fully saturated rings. The monoisotopic (exact) mass is 1380 g/mol. The van der Waals surface area contributed by atoms with Crippen molar-refractivity contribution in [3.63, 3.8) is 0 Å². The fourth-order valence-corrected chi connectivity index (χ4v) is 13.0. The second-order valence-electron chi connectivity index (χ2n) is 27.8. The van der Waals surface area contributed by atoms with E-state index in [-0.39, 0.29) is 25.7 Å². The molecule has 6 atom stereocenters. The summed E-state index contributed by atoms with van der Waals surface area (Å²) in [6.07, 6.45) is 54.1. The Hall–Kier alpha value is -1.94. The Morgan fingerprint density at radius 2 is 0.543 bits per heavy atom. The minimum absolute atomic E-state index is 0.107. The van der Waals surface area contributed by atoms with E-state index in [1.807, 2.05) is 0 Å². The van der Waals surface area contributed by atoms with E-state index in [0.29, 0.717) is 31.6 Å². The van der Waals surface area contributed by atoms with Gasteiger partial charge in [-0.15, -0.1) is 0 Å². The highest BCUT2D eigenvalue weighted by Crippen LogP contribution is 2.45. The first kappa shape index (κ1) is 92.1. The van der Waals surface area contributed by atoms with Gasteiger partial charge in [-0.05, 0) is 37.5 Å². The van der Waals surface area contributed by atoms with Crippen LogP contribution < -0.4 is 0 Å². The lowest BCUT2D eigenvalue weighted by molar-refractivity contribution is -0.161. The average molecular weight is 1380 g/mol. The Morgan fingerprint density at radius 3 is 0.809 bits per heavy atom. The highest BCUT2D eigenvalue weighted by Gasteiger charge is 2.30. The van der Waals surface area contributed by atoms with Crippen LogP contribution in [0.2, 0.25) is 0 Å². The zero-order chi connectivity index (χ0) is 69.3. The Morgan fingerprint density at radius 1 is 0.309 bits per heavy atom. The molecule has 0 heterocycles. The second kappa shape index (κ2) is 66.9. The number of aliphatic hydroxyl groups excluding tert-OH is 1. The van der Waals surface area contributed by atoms with Gasteiger partial charge in [0.15, 0.2) is 12.2 Å². The fraction of sp³-hybridized carbons (Fsp3) is 0.947. The van der Waals surface area contributed by atoms with Crippen LogP contribution in [0.1, 0.15) is 388 Å². The molecule has 17 nitrogen and oxygen atoms in total. The van der Waals surface area contributed by atoms with Crippen LogP contribution in [-0.2, 0) is 65.4 Å². The summed E-state index contributed by atoms with van der Waals surface area (Å²) < 4.78 is 68.5. The van der Waals surface area contributed by atoms with Crippen molar-refractivity contribution in [3.8, 4) is 0 Å². The quantitative estimate of drug-likeness (QED) is 0.0222. The lowest BCUT2D eigenvalue weighted by Gasteiger charge is -2.21. The summed E-state index contributed by atoms with van der Waals surface area (Å²) in [7, 11) is -9.91. The van der Waals surface area contributed by atoms with Gasteiger partial charge in [-0.1, -0.05) is 337 Å². The Kier molecular flexibility index (Phi) is 65.5. The number of carbonyl (C=O) groups is 4. The molecule has 19 heteroatoms. The van der Waals surface area contributed by atoms with E-state index >= 15 is 0 Å². The molecule has 558 valence electrons. The van der Waals surface area contributed by atoms with Crippen LogP contribution in [0.4, 0.5) is 0 Å². The minimum Gasteiger partial charge on any atom is -0.462 e. The maximum absolute atomic E-state index is 13.1. The van der Waals surface area contributed by atoms with Crippen LogP contribution in [0.3, 0.4) is 0 Å². The summed E-state index contributed by atoms with van der Waals surface area (Å²) in [5, 5.41) is 10.6.